The van der Waals surface area contributed by atoms with Crippen LogP contribution in [-0.2, 0) is 4.79 Å². The molecule has 2 rings (SSSR count). The molecule has 0 aliphatic carbocycles. The molecule has 1 heterocycles. The molecular formula is C10H7Cl2N5O. The van der Waals surface area contributed by atoms with Crippen molar-refractivity contribution in [1.82, 2.24) is 20.6 Å². The molecule has 18 heavy (non-hydrogen) atoms. The molecule has 1 amide bonds. The van der Waals surface area contributed by atoms with E-state index in [1.54, 1.807) is 24.3 Å². The molecule has 0 spiro atoms. The number of rotatable bonds is 3. The standard InChI is InChI=1S/C10H7Cl2N5O/c11-7-3-1-6(8(12)5-7)2-4-9(18)13-10-14-16-17-15-10/h1-5H,(H2,13,14,15,16,17,18)/b4-2+. The molecule has 0 radical (unpaired) electrons. The van der Waals surface area contributed by atoms with Crippen molar-refractivity contribution in [2.24, 2.45) is 0 Å². The first kappa shape index (κ1) is 12.5. The van der Waals surface area contributed by atoms with Crippen molar-refractivity contribution in [2.45, 2.75) is 0 Å². The van der Waals surface area contributed by atoms with Gasteiger partial charge >= 0.3 is 0 Å². The molecule has 1 aromatic carbocycles. The summed E-state index contributed by atoms with van der Waals surface area (Å²) in [5, 5.41) is 16.1. The first-order valence-corrected chi connectivity index (χ1v) is 5.58. The van der Waals surface area contributed by atoms with Crippen LogP contribution in [0.4, 0.5) is 5.95 Å². The van der Waals surface area contributed by atoms with E-state index < -0.39 is 0 Å². The van der Waals surface area contributed by atoms with Gasteiger partial charge in [-0.2, -0.15) is 5.21 Å². The smallest absolute Gasteiger partial charge is 0.270 e. The minimum atomic E-state index is -0.387. The molecule has 2 aromatic rings. The number of aromatic amines is 1. The second-order valence-electron chi connectivity index (χ2n) is 3.22. The number of nitrogens with zero attached hydrogens (tertiary/aromatic N) is 3. The van der Waals surface area contributed by atoms with Crippen LogP contribution in [0.5, 0.6) is 0 Å². The third-order valence-electron chi connectivity index (χ3n) is 1.96. The molecule has 92 valence electrons. The van der Waals surface area contributed by atoms with Crippen molar-refractivity contribution < 1.29 is 4.79 Å². The number of anilines is 1. The molecule has 2 N–H and O–H groups in total. The van der Waals surface area contributed by atoms with E-state index in [-0.39, 0.29) is 11.9 Å². The number of halogens is 2. The van der Waals surface area contributed by atoms with Crippen LogP contribution in [0.2, 0.25) is 10.0 Å². The number of benzene rings is 1. The molecule has 0 aliphatic rings. The monoisotopic (exact) mass is 283 g/mol. The fourth-order valence-electron chi connectivity index (χ4n) is 1.17. The van der Waals surface area contributed by atoms with E-state index in [0.29, 0.717) is 15.6 Å². The number of nitrogens with one attached hydrogen (secondary N) is 2. The van der Waals surface area contributed by atoms with Crippen molar-refractivity contribution >= 4 is 41.1 Å². The molecular weight excluding hydrogens is 277 g/mol. The van der Waals surface area contributed by atoms with Crippen LogP contribution in [-0.4, -0.2) is 26.5 Å². The normalized spacial score (nSPS) is 10.8. The molecule has 0 bridgehead atoms. The summed E-state index contributed by atoms with van der Waals surface area (Å²) in [5.41, 5.74) is 0.685. The van der Waals surface area contributed by atoms with Crippen LogP contribution in [0.1, 0.15) is 5.56 Å². The molecule has 8 heteroatoms. The highest BCUT2D eigenvalue weighted by atomic mass is 35.5. The summed E-state index contributed by atoms with van der Waals surface area (Å²) in [6.45, 7) is 0. The summed E-state index contributed by atoms with van der Waals surface area (Å²) >= 11 is 11.7. The van der Waals surface area contributed by atoms with Crippen molar-refractivity contribution in [3.63, 3.8) is 0 Å². The summed E-state index contributed by atoms with van der Waals surface area (Å²) in [6, 6.07) is 4.99. The van der Waals surface area contributed by atoms with Crippen molar-refractivity contribution in [1.29, 1.82) is 0 Å². The lowest BCUT2D eigenvalue weighted by molar-refractivity contribution is -0.111. The Balaban J connectivity index is 2.04. The van der Waals surface area contributed by atoms with Gasteiger partial charge < -0.3 is 0 Å². The zero-order valence-corrected chi connectivity index (χ0v) is 10.4. The highest BCUT2D eigenvalue weighted by Gasteiger charge is 2.02. The molecule has 0 saturated carbocycles. The van der Waals surface area contributed by atoms with Crippen LogP contribution in [0.25, 0.3) is 6.08 Å². The van der Waals surface area contributed by atoms with E-state index in [9.17, 15) is 4.79 Å². The van der Waals surface area contributed by atoms with E-state index >= 15 is 0 Å². The number of H-pyrrole nitrogens is 1. The summed E-state index contributed by atoms with van der Waals surface area (Å²) in [7, 11) is 0. The highest BCUT2D eigenvalue weighted by Crippen LogP contribution is 2.21. The maximum absolute atomic E-state index is 11.5. The fourth-order valence-corrected chi connectivity index (χ4v) is 1.64. The van der Waals surface area contributed by atoms with Gasteiger partial charge in [-0.15, -0.1) is 5.10 Å². The fraction of sp³-hybridized carbons (Fsp3) is 0. The third-order valence-corrected chi connectivity index (χ3v) is 2.52. The van der Waals surface area contributed by atoms with Gasteiger partial charge in [0.1, 0.15) is 0 Å². The summed E-state index contributed by atoms with van der Waals surface area (Å²) in [5.74, 6) is -0.283. The van der Waals surface area contributed by atoms with Crippen LogP contribution < -0.4 is 5.32 Å². The average molecular weight is 284 g/mol. The van der Waals surface area contributed by atoms with Gasteiger partial charge in [-0.05, 0) is 29.0 Å². The minimum absolute atomic E-state index is 0.104. The predicted octanol–water partition coefficient (Wildman–Crippen LogP) is 2.16. The number of tetrazole rings is 1. The van der Waals surface area contributed by atoms with Crippen LogP contribution >= 0.6 is 23.2 Å². The predicted molar refractivity (Wildman–Crippen MR) is 68.3 cm³/mol. The summed E-state index contributed by atoms with van der Waals surface area (Å²) < 4.78 is 0. The number of hydrogen-bond acceptors (Lipinski definition) is 4. The van der Waals surface area contributed by atoms with E-state index in [2.05, 4.69) is 25.9 Å². The topological polar surface area (TPSA) is 83.6 Å². The van der Waals surface area contributed by atoms with Gasteiger partial charge in [0.15, 0.2) is 0 Å². The van der Waals surface area contributed by atoms with Gasteiger partial charge in [-0.1, -0.05) is 34.4 Å². The second kappa shape index (κ2) is 5.61. The Bertz CT molecular complexity index is 582. The van der Waals surface area contributed by atoms with Crippen molar-refractivity contribution in [2.75, 3.05) is 5.32 Å². The number of carbonyl (C=O) groups is 1. The maximum Gasteiger partial charge on any atom is 0.270 e. The summed E-state index contributed by atoms with van der Waals surface area (Å²) in [4.78, 5) is 11.5. The molecule has 0 unspecified atom stereocenters. The van der Waals surface area contributed by atoms with Gasteiger partial charge in [0, 0.05) is 16.1 Å². The number of aromatic nitrogens is 4. The summed E-state index contributed by atoms with van der Waals surface area (Å²) in [6.07, 6.45) is 2.87. The molecule has 6 nitrogen and oxygen atoms in total. The van der Waals surface area contributed by atoms with Crippen molar-refractivity contribution in [3.05, 3.63) is 39.9 Å². The average Bonchev–Trinajstić information content (AvgIpc) is 2.80. The number of hydrogen-bond donors (Lipinski definition) is 2. The first-order valence-electron chi connectivity index (χ1n) is 4.83. The third kappa shape index (κ3) is 3.28. The second-order valence-corrected chi connectivity index (χ2v) is 4.07. The van der Waals surface area contributed by atoms with Gasteiger partial charge in [0.2, 0.25) is 0 Å². The van der Waals surface area contributed by atoms with Gasteiger partial charge in [-0.25, -0.2) is 0 Å². The van der Waals surface area contributed by atoms with Gasteiger partial charge in [0.05, 0.1) is 0 Å². The lowest BCUT2D eigenvalue weighted by Crippen LogP contribution is -2.09. The molecule has 0 saturated heterocycles. The Morgan fingerprint density at radius 2 is 2.22 bits per heavy atom. The minimum Gasteiger partial charge on any atom is -0.288 e. The molecule has 1 aromatic heterocycles. The zero-order valence-electron chi connectivity index (χ0n) is 8.89. The van der Waals surface area contributed by atoms with E-state index in [4.69, 9.17) is 23.2 Å². The van der Waals surface area contributed by atoms with E-state index in [1.807, 2.05) is 0 Å². The van der Waals surface area contributed by atoms with Gasteiger partial charge in [0.25, 0.3) is 11.9 Å². The van der Waals surface area contributed by atoms with E-state index in [1.165, 1.54) is 6.08 Å². The quantitative estimate of drug-likeness (QED) is 0.846. The molecule has 0 fully saturated rings. The van der Waals surface area contributed by atoms with Crippen LogP contribution in [0.15, 0.2) is 24.3 Å². The highest BCUT2D eigenvalue weighted by molar-refractivity contribution is 6.35. The lowest BCUT2D eigenvalue weighted by Gasteiger charge is -1.98. The molecule has 0 aliphatic heterocycles. The number of amides is 1. The zero-order chi connectivity index (χ0) is 13.0. The SMILES string of the molecule is O=C(/C=C/c1ccc(Cl)cc1Cl)Nc1nn[nH]n1. The van der Waals surface area contributed by atoms with Gasteiger partial charge in [-0.3, -0.25) is 10.1 Å². The first-order chi connectivity index (χ1) is 8.65. The number of carbonyl (C=O) groups excluding carboxylic acids is 1. The Morgan fingerprint density at radius 3 is 2.89 bits per heavy atom. The Kier molecular flexibility index (Phi) is 3.91. The Hall–Kier alpha value is -1.92. The van der Waals surface area contributed by atoms with Crippen LogP contribution in [0, 0.1) is 0 Å². The Morgan fingerprint density at radius 1 is 1.39 bits per heavy atom. The largest absolute Gasteiger partial charge is 0.288 e. The lowest BCUT2D eigenvalue weighted by atomic mass is 10.2. The van der Waals surface area contributed by atoms with E-state index in [0.717, 1.165) is 0 Å². The van der Waals surface area contributed by atoms with Crippen LogP contribution in [0.3, 0.4) is 0 Å². The maximum atomic E-state index is 11.5. The molecule has 0 atom stereocenters. The van der Waals surface area contributed by atoms with Crippen molar-refractivity contribution in [3.8, 4) is 0 Å². The Labute approximate surface area is 112 Å².